The van der Waals surface area contributed by atoms with E-state index in [1.165, 1.54) is 24.5 Å². The number of anilines is 2. The highest BCUT2D eigenvalue weighted by Crippen LogP contribution is 2.33. The van der Waals surface area contributed by atoms with Gasteiger partial charge in [0.1, 0.15) is 12.1 Å². The lowest BCUT2D eigenvalue weighted by molar-refractivity contribution is -0.137. The first-order valence-electron chi connectivity index (χ1n) is 22.1. The number of halogens is 1. The molecular weight excluding hydrogens is 1020 g/mol. The Labute approximate surface area is 415 Å². The maximum Gasteiger partial charge on any atom is 0.264 e. The van der Waals surface area contributed by atoms with Crippen LogP contribution < -0.4 is 21.7 Å². The minimum atomic E-state index is -0.975. The molecule has 368 valence electrons. The number of rotatable bonds is 9. The second kappa shape index (κ2) is 24.0. The van der Waals surface area contributed by atoms with Crippen molar-refractivity contribution in [3.05, 3.63) is 113 Å². The van der Waals surface area contributed by atoms with Crippen LogP contribution in [0.1, 0.15) is 147 Å². The van der Waals surface area contributed by atoms with E-state index < -0.39 is 59.3 Å². The van der Waals surface area contributed by atoms with Gasteiger partial charge < -0.3 is 11.1 Å². The van der Waals surface area contributed by atoms with Crippen molar-refractivity contribution in [2.24, 2.45) is 0 Å². The summed E-state index contributed by atoms with van der Waals surface area (Å²) in [5.41, 5.74) is 9.42. The van der Waals surface area contributed by atoms with Crippen molar-refractivity contribution >= 4 is 93.8 Å². The fraction of sp³-hybridized carbons (Fsp3) is 0.340. The number of nitrogens with one attached hydrogen (secondary N) is 4. The van der Waals surface area contributed by atoms with Crippen LogP contribution in [0, 0.1) is 0 Å². The zero-order valence-electron chi connectivity index (χ0n) is 39.2. The molecule has 2 saturated heterocycles. The van der Waals surface area contributed by atoms with Crippen LogP contribution >= 0.6 is 22.6 Å². The molecule has 0 radical (unpaired) electrons. The number of nitrogens with two attached hydrogens (primary N) is 1. The van der Waals surface area contributed by atoms with Crippen LogP contribution in [0.15, 0.2) is 73.6 Å². The van der Waals surface area contributed by atoms with Gasteiger partial charge in [0.2, 0.25) is 23.6 Å². The van der Waals surface area contributed by atoms with Gasteiger partial charge in [-0.05, 0) is 64.8 Å². The normalized spacial score (nSPS) is 17.0. The standard InChI is InChI=1S/C20H21N5O4.C13H11N3O4.C7H10N2O.C4H4N2O.C3H7I/c1-11(2)24-10-12(9-22-24)8-21-14-5-3-4-13-17(14)20(29)25(19(13)28)15-6-7-16(26)23-18(15)27;14-7-3-1-2-6-10(7)13(20)16(12(6)19)8-4-5-9(17)15-11(8)18;1-6(2)9-4-7(5-10)3-8-9;7-3-4-1-5-6-2-4;1-3(2)4/h3-5,9-11,15,21H,6-8H2,1-2H3,(H,23,26,27);1-3,8H,4-5,14H2,(H,15,17,18);3-6H,1-2H3;1-3H,(H,5,6);3H,1-2H3. The average Bonchev–Trinajstić information content (AvgIpc) is 4.18. The monoisotopic (exact) mass is 1070 g/mol. The lowest BCUT2D eigenvalue weighted by atomic mass is 10.0. The molecule has 7 heterocycles. The minimum Gasteiger partial charge on any atom is -0.398 e. The summed E-state index contributed by atoms with van der Waals surface area (Å²) in [6, 6.07) is 8.23. The third-order valence-corrected chi connectivity index (χ3v) is 10.6. The Morgan fingerprint density at radius 1 is 0.686 bits per heavy atom. The second-order valence-corrected chi connectivity index (χ2v) is 19.3. The molecule has 5 aromatic rings. The molecule has 2 atom stereocenters. The van der Waals surface area contributed by atoms with Crippen LogP contribution in [-0.2, 0) is 25.7 Å². The van der Waals surface area contributed by atoms with Gasteiger partial charge in [-0.15, -0.1) is 0 Å². The molecular formula is C47H53IN12O10. The Morgan fingerprint density at radius 3 is 1.61 bits per heavy atom. The first kappa shape index (κ1) is 53.3. The van der Waals surface area contributed by atoms with Crippen LogP contribution in [0.2, 0.25) is 0 Å². The highest BCUT2D eigenvalue weighted by molar-refractivity contribution is 14.1. The third kappa shape index (κ3) is 12.9. The summed E-state index contributed by atoms with van der Waals surface area (Å²) in [5, 5.41) is 21.8. The lowest BCUT2D eigenvalue weighted by Crippen LogP contribution is -2.54. The van der Waals surface area contributed by atoms with E-state index >= 15 is 0 Å². The summed E-state index contributed by atoms with van der Waals surface area (Å²) in [4.78, 5) is 119. The van der Waals surface area contributed by atoms with E-state index in [0.717, 1.165) is 31.9 Å². The maximum absolute atomic E-state index is 13.0. The van der Waals surface area contributed by atoms with Gasteiger partial charge in [-0.2, -0.15) is 15.3 Å². The molecule has 9 rings (SSSR count). The summed E-state index contributed by atoms with van der Waals surface area (Å²) >= 11 is 2.34. The number of aromatic amines is 1. The summed E-state index contributed by atoms with van der Waals surface area (Å²) in [6.45, 7) is 12.8. The third-order valence-electron chi connectivity index (χ3n) is 10.6. The molecule has 4 aliphatic heterocycles. The first-order chi connectivity index (χ1) is 33.3. The van der Waals surface area contributed by atoms with Gasteiger partial charge in [0, 0.05) is 70.9 Å². The van der Waals surface area contributed by atoms with Crippen LogP contribution in [0.3, 0.4) is 0 Å². The van der Waals surface area contributed by atoms with Crippen molar-refractivity contribution in [2.75, 3.05) is 11.1 Å². The molecule has 2 aromatic carbocycles. The highest BCUT2D eigenvalue weighted by atomic mass is 127. The van der Waals surface area contributed by atoms with E-state index in [2.05, 4.69) is 72.8 Å². The zero-order valence-corrected chi connectivity index (χ0v) is 41.3. The summed E-state index contributed by atoms with van der Waals surface area (Å²) in [7, 11) is 0. The Balaban J connectivity index is 0.000000190. The Kier molecular flexibility index (Phi) is 18.3. The second-order valence-electron chi connectivity index (χ2n) is 16.8. The van der Waals surface area contributed by atoms with Gasteiger partial charge in [0.05, 0.1) is 52.0 Å². The molecule has 2 fully saturated rings. The van der Waals surface area contributed by atoms with E-state index in [-0.39, 0.29) is 59.7 Å². The Morgan fingerprint density at radius 2 is 1.19 bits per heavy atom. The van der Waals surface area contributed by atoms with Gasteiger partial charge in [0.15, 0.2) is 12.6 Å². The van der Waals surface area contributed by atoms with E-state index in [9.17, 15) is 47.9 Å². The number of nitrogen functional groups attached to an aromatic ring is 1. The predicted octanol–water partition coefficient (Wildman–Crippen LogP) is 4.48. The van der Waals surface area contributed by atoms with Crippen molar-refractivity contribution in [3.63, 3.8) is 0 Å². The number of aromatic nitrogens is 6. The fourth-order valence-corrected chi connectivity index (χ4v) is 7.17. The largest absolute Gasteiger partial charge is 0.398 e. The van der Waals surface area contributed by atoms with Crippen molar-refractivity contribution in [2.45, 2.75) is 102 Å². The number of carbonyl (C=O) groups excluding carboxylic acids is 10. The highest BCUT2D eigenvalue weighted by Gasteiger charge is 2.47. The summed E-state index contributed by atoms with van der Waals surface area (Å²) in [5.74, 6) is -4.23. The van der Waals surface area contributed by atoms with Crippen molar-refractivity contribution in [3.8, 4) is 0 Å². The van der Waals surface area contributed by atoms with E-state index in [1.807, 2.05) is 38.6 Å². The van der Waals surface area contributed by atoms with E-state index in [0.29, 0.717) is 29.4 Å². The number of carbonyl (C=O) groups is 10. The van der Waals surface area contributed by atoms with Gasteiger partial charge >= 0.3 is 0 Å². The number of aldehydes is 2. The first-order valence-corrected chi connectivity index (χ1v) is 23.3. The van der Waals surface area contributed by atoms with Crippen molar-refractivity contribution < 1.29 is 47.9 Å². The maximum atomic E-state index is 13.0. The molecule has 2 unspecified atom stereocenters. The summed E-state index contributed by atoms with van der Waals surface area (Å²) < 4.78 is 4.40. The molecule has 6 N–H and O–H groups in total. The predicted molar refractivity (Wildman–Crippen MR) is 262 cm³/mol. The molecule has 0 saturated carbocycles. The fourth-order valence-electron chi connectivity index (χ4n) is 7.17. The quantitative estimate of drug-likeness (QED) is 0.0447. The molecule has 0 aliphatic carbocycles. The van der Waals surface area contributed by atoms with Crippen molar-refractivity contribution in [1.29, 1.82) is 0 Å². The number of H-pyrrole nitrogens is 1. The average molecular weight is 1070 g/mol. The number of piperidine rings is 2. The van der Waals surface area contributed by atoms with Gasteiger partial charge in [-0.1, -0.05) is 48.6 Å². The minimum absolute atomic E-state index is 0.0920. The number of fused-ring (bicyclic) bond motifs is 2. The van der Waals surface area contributed by atoms with Gasteiger partial charge in [-0.3, -0.25) is 82.8 Å². The van der Waals surface area contributed by atoms with Gasteiger partial charge in [-0.25, -0.2) is 0 Å². The number of imide groups is 4. The number of nitrogens with zero attached hydrogens (tertiary/aromatic N) is 7. The smallest absolute Gasteiger partial charge is 0.264 e. The van der Waals surface area contributed by atoms with Gasteiger partial charge in [0.25, 0.3) is 23.6 Å². The number of hydrogen-bond acceptors (Lipinski definition) is 15. The number of alkyl halides is 1. The van der Waals surface area contributed by atoms with Crippen LogP contribution in [0.25, 0.3) is 0 Å². The Hall–Kier alpha value is -7.70. The number of hydrogen-bond donors (Lipinski definition) is 5. The van der Waals surface area contributed by atoms with Crippen LogP contribution in [0.4, 0.5) is 11.4 Å². The molecule has 3 aromatic heterocycles. The van der Waals surface area contributed by atoms with Crippen LogP contribution in [0.5, 0.6) is 0 Å². The van der Waals surface area contributed by atoms with Crippen molar-refractivity contribution in [1.82, 2.24) is 50.2 Å². The molecule has 8 amide bonds. The number of benzene rings is 2. The molecule has 4 aliphatic rings. The topological polar surface area (TPSA) is 304 Å². The molecule has 0 bridgehead atoms. The van der Waals surface area contributed by atoms with Crippen LogP contribution in [-0.4, -0.2) is 115 Å². The molecule has 0 spiro atoms. The molecule has 23 heteroatoms. The SMILES string of the molecule is CC(C)I.CC(C)n1cc(C=O)cn1.CC(C)n1cc(CNc2cccc3c2C(=O)N(C2CCC(=O)NC2=O)C3=O)cn1.Nc1cccc2c1C(=O)N(C1CCC(=O)NC1=O)C2=O.O=Cc1cn[nH]c1. The lowest BCUT2D eigenvalue weighted by Gasteiger charge is -2.27. The van der Waals surface area contributed by atoms with E-state index in [1.54, 1.807) is 47.5 Å². The molecule has 70 heavy (non-hydrogen) atoms. The molecule has 22 nitrogen and oxygen atoms in total. The van der Waals surface area contributed by atoms with E-state index in [4.69, 9.17) is 5.73 Å². The number of amides is 8. The zero-order chi connectivity index (χ0) is 51.4. The summed E-state index contributed by atoms with van der Waals surface area (Å²) in [6.07, 6.45) is 12.0. The Bertz CT molecular complexity index is 2780.